The van der Waals surface area contributed by atoms with E-state index in [4.69, 9.17) is 19.9 Å². The minimum Gasteiger partial charge on any atom is -0.378 e. The van der Waals surface area contributed by atoms with Gasteiger partial charge in [-0.3, -0.25) is 4.79 Å². The van der Waals surface area contributed by atoms with Crippen LogP contribution >= 0.6 is 0 Å². The van der Waals surface area contributed by atoms with Gasteiger partial charge in [0, 0.05) is 13.5 Å². The molecule has 6 nitrogen and oxygen atoms in total. The van der Waals surface area contributed by atoms with Crippen molar-refractivity contribution in [2.75, 3.05) is 26.4 Å². The summed E-state index contributed by atoms with van der Waals surface area (Å²) >= 11 is 0. The topological polar surface area (TPSA) is 82.8 Å². The quantitative estimate of drug-likeness (QED) is 0.651. The van der Waals surface area contributed by atoms with Crippen molar-refractivity contribution in [1.29, 1.82) is 0 Å². The fraction of sp³-hybridized carbons (Fsp3) is 0.933. The number of hydrogen-bond acceptors (Lipinski definition) is 5. The fourth-order valence-electron chi connectivity index (χ4n) is 2.75. The number of carbonyl (C=O) groups is 1. The number of hydrogen-bond donors (Lipinski definition) is 2. The molecule has 1 rings (SSSR count). The molecule has 0 aromatic rings. The Labute approximate surface area is 127 Å². The normalized spacial score (nSPS) is 32.9. The summed E-state index contributed by atoms with van der Waals surface area (Å²) in [4.78, 5) is 11.4. The van der Waals surface area contributed by atoms with Crippen LogP contribution in [-0.4, -0.2) is 50.7 Å². The van der Waals surface area contributed by atoms with Crippen LogP contribution in [0.1, 0.15) is 34.1 Å². The molecule has 1 heterocycles. The van der Waals surface area contributed by atoms with E-state index >= 15 is 0 Å². The zero-order valence-corrected chi connectivity index (χ0v) is 13.6. The maximum Gasteiger partial charge on any atom is 0.217 e. The Hall–Kier alpha value is -0.690. The van der Waals surface area contributed by atoms with Gasteiger partial charge in [-0.1, -0.05) is 20.8 Å². The van der Waals surface area contributed by atoms with E-state index in [0.717, 1.165) is 6.42 Å². The van der Waals surface area contributed by atoms with Gasteiger partial charge in [0.25, 0.3) is 0 Å². The molecule has 1 saturated heterocycles. The lowest BCUT2D eigenvalue weighted by Gasteiger charge is -2.44. The van der Waals surface area contributed by atoms with Crippen LogP contribution in [0.4, 0.5) is 0 Å². The number of carbonyl (C=O) groups excluding carboxylic acids is 1. The summed E-state index contributed by atoms with van der Waals surface area (Å²) in [5.41, 5.74) is 5.36. The Kier molecular flexibility index (Phi) is 8.18. The van der Waals surface area contributed by atoms with E-state index < -0.39 is 6.29 Å². The van der Waals surface area contributed by atoms with E-state index in [9.17, 15) is 4.79 Å². The SMILES string of the molecule is CC[C@H]1O[C@@H](OCCOCCN)[C@H](NC(C)=O)[C@@H](C)[C@H]1C. The predicted octanol–water partition coefficient (Wildman–Crippen LogP) is 0.890. The van der Waals surface area contributed by atoms with Gasteiger partial charge in [0.15, 0.2) is 6.29 Å². The largest absolute Gasteiger partial charge is 0.378 e. The maximum absolute atomic E-state index is 11.4. The third-order valence-corrected chi connectivity index (χ3v) is 4.13. The lowest BCUT2D eigenvalue weighted by atomic mass is 9.81. The third-order valence-electron chi connectivity index (χ3n) is 4.13. The Bertz CT molecular complexity index is 314. The van der Waals surface area contributed by atoms with E-state index in [0.29, 0.717) is 38.2 Å². The van der Waals surface area contributed by atoms with Crippen molar-refractivity contribution in [1.82, 2.24) is 5.32 Å². The minimum absolute atomic E-state index is 0.0643. The van der Waals surface area contributed by atoms with Crippen LogP contribution in [0.5, 0.6) is 0 Å². The van der Waals surface area contributed by atoms with Crippen molar-refractivity contribution in [2.24, 2.45) is 17.6 Å². The number of ether oxygens (including phenoxy) is 3. The molecule has 1 fully saturated rings. The van der Waals surface area contributed by atoms with Gasteiger partial charge < -0.3 is 25.3 Å². The number of nitrogens with two attached hydrogens (primary N) is 1. The Morgan fingerprint density at radius 3 is 2.52 bits per heavy atom. The average Bonchev–Trinajstić information content (AvgIpc) is 2.45. The van der Waals surface area contributed by atoms with Gasteiger partial charge in [-0.2, -0.15) is 0 Å². The summed E-state index contributed by atoms with van der Waals surface area (Å²) in [6.07, 6.45) is 0.661. The van der Waals surface area contributed by atoms with Crippen molar-refractivity contribution < 1.29 is 19.0 Å². The van der Waals surface area contributed by atoms with Crippen molar-refractivity contribution >= 4 is 5.91 Å². The highest BCUT2D eigenvalue weighted by atomic mass is 16.7. The van der Waals surface area contributed by atoms with E-state index in [-0.39, 0.29) is 18.1 Å². The van der Waals surface area contributed by atoms with E-state index in [1.807, 2.05) is 0 Å². The van der Waals surface area contributed by atoms with Gasteiger partial charge in [0.05, 0.1) is 32.0 Å². The molecule has 0 bridgehead atoms. The summed E-state index contributed by atoms with van der Waals surface area (Å²) < 4.78 is 17.1. The molecule has 3 N–H and O–H groups in total. The zero-order chi connectivity index (χ0) is 15.8. The molecule has 1 aliphatic rings. The monoisotopic (exact) mass is 302 g/mol. The lowest BCUT2D eigenvalue weighted by Crippen LogP contribution is -2.57. The molecular formula is C15H30N2O4. The number of amides is 1. The summed E-state index contributed by atoms with van der Waals surface area (Å²) in [6, 6.07) is -0.130. The Morgan fingerprint density at radius 2 is 1.95 bits per heavy atom. The average molecular weight is 302 g/mol. The second kappa shape index (κ2) is 9.35. The van der Waals surface area contributed by atoms with Crippen molar-refractivity contribution in [2.45, 2.75) is 52.6 Å². The van der Waals surface area contributed by atoms with E-state index in [1.165, 1.54) is 6.92 Å². The molecule has 0 unspecified atom stereocenters. The van der Waals surface area contributed by atoms with Crippen LogP contribution in [0, 0.1) is 11.8 Å². The second-order valence-electron chi connectivity index (χ2n) is 5.67. The first-order chi connectivity index (χ1) is 10.0. The maximum atomic E-state index is 11.4. The van der Waals surface area contributed by atoms with Crippen LogP contribution in [0.3, 0.4) is 0 Å². The van der Waals surface area contributed by atoms with Crippen LogP contribution in [-0.2, 0) is 19.0 Å². The second-order valence-corrected chi connectivity index (χ2v) is 5.67. The standard InChI is InChI=1S/C15H30N2O4/c1-5-13-10(2)11(3)14(17-12(4)18)15(21-13)20-9-8-19-7-6-16/h10-11,13-15H,5-9,16H2,1-4H3,(H,17,18)/t10-,11+,13-,14-,15-/m1/s1. The highest BCUT2D eigenvalue weighted by Crippen LogP contribution is 2.32. The van der Waals surface area contributed by atoms with Crippen LogP contribution in [0.15, 0.2) is 0 Å². The highest BCUT2D eigenvalue weighted by molar-refractivity contribution is 5.73. The molecule has 0 radical (unpaired) electrons. The van der Waals surface area contributed by atoms with Gasteiger partial charge in [-0.15, -0.1) is 0 Å². The molecule has 0 aromatic carbocycles. The van der Waals surface area contributed by atoms with Crippen molar-refractivity contribution in [3.8, 4) is 0 Å². The summed E-state index contributed by atoms with van der Waals surface area (Å²) in [7, 11) is 0. The first kappa shape index (κ1) is 18.4. The molecule has 124 valence electrons. The van der Waals surface area contributed by atoms with E-state index in [2.05, 4.69) is 26.1 Å². The van der Waals surface area contributed by atoms with Crippen molar-refractivity contribution in [3.63, 3.8) is 0 Å². The molecule has 0 aromatic heterocycles. The summed E-state index contributed by atoms with van der Waals surface area (Å²) in [6.45, 7) is 9.85. The first-order valence-electron chi connectivity index (χ1n) is 7.83. The lowest BCUT2D eigenvalue weighted by molar-refractivity contribution is -0.239. The zero-order valence-electron chi connectivity index (χ0n) is 13.6. The predicted molar refractivity (Wildman–Crippen MR) is 80.7 cm³/mol. The van der Waals surface area contributed by atoms with Gasteiger partial charge in [0.2, 0.25) is 5.91 Å². The summed E-state index contributed by atoms with van der Waals surface area (Å²) in [5.74, 6) is 0.605. The van der Waals surface area contributed by atoms with Gasteiger partial charge in [-0.25, -0.2) is 0 Å². The number of rotatable bonds is 8. The third kappa shape index (κ3) is 5.54. The molecule has 0 saturated carbocycles. The Balaban J connectivity index is 2.58. The number of nitrogens with one attached hydrogen (secondary N) is 1. The molecule has 21 heavy (non-hydrogen) atoms. The highest BCUT2D eigenvalue weighted by Gasteiger charge is 2.41. The molecular weight excluding hydrogens is 272 g/mol. The summed E-state index contributed by atoms with van der Waals surface area (Å²) in [5, 5.41) is 2.96. The van der Waals surface area contributed by atoms with Crippen LogP contribution < -0.4 is 11.1 Å². The molecule has 5 atom stereocenters. The molecule has 0 aliphatic carbocycles. The van der Waals surface area contributed by atoms with Crippen LogP contribution in [0.25, 0.3) is 0 Å². The molecule has 6 heteroatoms. The van der Waals surface area contributed by atoms with Gasteiger partial charge in [0.1, 0.15) is 0 Å². The minimum atomic E-state index is -0.425. The fourth-order valence-corrected chi connectivity index (χ4v) is 2.75. The van der Waals surface area contributed by atoms with E-state index in [1.54, 1.807) is 0 Å². The Morgan fingerprint density at radius 1 is 1.24 bits per heavy atom. The molecule has 0 spiro atoms. The van der Waals surface area contributed by atoms with Gasteiger partial charge in [-0.05, 0) is 18.3 Å². The van der Waals surface area contributed by atoms with Gasteiger partial charge >= 0.3 is 0 Å². The molecule has 1 amide bonds. The molecule has 1 aliphatic heterocycles. The van der Waals surface area contributed by atoms with Crippen molar-refractivity contribution in [3.05, 3.63) is 0 Å². The first-order valence-corrected chi connectivity index (χ1v) is 7.83. The van der Waals surface area contributed by atoms with Crippen LogP contribution in [0.2, 0.25) is 0 Å². The smallest absolute Gasteiger partial charge is 0.217 e.